The summed E-state index contributed by atoms with van der Waals surface area (Å²) in [5.41, 5.74) is 1.89. The molecule has 1 aliphatic heterocycles. The van der Waals surface area contributed by atoms with E-state index in [1.165, 1.54) is 5.57 Å². The van der Waals surface area contributed by atoms with Gasteiger partial charge in [-0.15, -0.1) is 0 Å². The van der Waals surface area contributed by atoms with Crippen molar-refractivity contribution in [3.8, 4) is 0 Å². The van der Waals surface area contributed by atoms with Crippen LogP contribution in [0, 0.1) is 5.92 Å². The molecule has 14 heavy (non-hydrogen) atoms. The van der Waals surface area contributed by atoms with E-state index in [0.29, 0.717) is 17.9 Å². The molecule has 0 aromatic rings. The predicted octanol–water partition coefficient (Wildman–Crippen LogP) is 2.85. The Morgan fingerprint density at radius 2 is 2.36 bits per heavy atom. The smallest absolute Gasteiger partial charge is 0.333 e. The number of ether oxygens (including phenoxy) is 1. The molecule has 0 aliphatic carbocycles. The largest absolute Gasteiger partial charge is 0.458 e. The van der Waals surface area contributed by atoms with Crippen molar-refractivity contribution in [2.24, 2.45) is 5.92 Å². The Bertz CT molecular complexity index is 258. The lowest BCUT2D eigenvalue weighted by Crippen LogP contribution is -2.07. The Balaban J connectivity index is 2.47. The van der Waals surface area contributed by atoms with Crippen LogP contribution in [-0.4, -0.2) is 12.1 Å². The standard InChI is InChI=1S/C12H18O2/c1-8(2)5-9(3)6-11-7-10(4)12(13)14-11/h5,8,11H,4,6-7H2,1-3H3/b9-5+. The van der Waals surface area contributed by atoms with Crippen molar-refractivity contribution in [1.82, 2.24) is 0 Å². The normalized spacial score (nSPS) is 23.1. The Morgan fingerprint density at radius 3 is 2.79 bits per heavy atom. The van der Waals surface area contributed by atoms with Crippen LogP contribution in [0.2, 0.25) is 0 Å². The van der Waals surface area contributed by atoms with E-state index in [2.05, 4.69) is 33.4 Å². The lowest BCUT2D eigenvalue weighted by Gasteiger charge is -2.09. The molecule has 0 N–H and O–H groups in total. The summed E-state index contributed by atoms with van der Waals surface area (Å²) in [6, 6.07) is 0. The van der Waals surface area contributed by atoms with Gasteiger partial charge >= 0.3 is 5.97 Å². The Morgan fingerprint density at radius 1 is 1.71 bits per heavy atom. The van der Waals surface area contributed by atoms with Gasteiger partial charge in [-0.05, 0) is 12.8 Å². The fourth-order valence-corrected chi connectivity index (χ4v) is 1.74. The first kappa shape index (κ1) is 11.0. The molecule has 1 aliphatic rings. The quantitative estimate of drug-likeness (QED) is 0.392. The number of carbonyl (C=O) groups excluding carboxylic acids is 1. The minimum atomic E-state index is -0.229. The van der Waals surface area contributed by atoms with E-state index in [9.17, 15) is 4.79 Å². The zero-order chi connectivity index (χ0) is 10.7. The zero-order valence-electron chi connectivity index (χ0n) is 9.17. The van der Waals surface area contributed by atoms with E-state index in [4.69, 9.17) is 4.74 Å². The molecule has 0 aromatic carbocycles. The van der Waals surface area contributed by atoms with Gasteiger partial charge in [-0.1, -0.05) is 32.1 Å². The molecule has 1 rings (SSSR count). The molecule has 1 atom stereocenters. The average Bonchev–Trinajstić information content (AvgIpc) is 2.28. The molecule has 1 fully saturated rings. The molecule has 78 valence electrons. The summed E-state index contributed by atoms with van der Waals surface area (Å²) in [7, 11) is 0. The van der Waals surface area contributed by atoms with Gasteiger partial charge in [-0.2, -0.15) is 0 Å². The van der Waals surface area contributed by atoms with Crippen molar-refractivity contribution in [3.63, 3.8) is 0 Å². The molecule has 2 heteroatoms. The summed E-state index contributed by atoms with van der Waals surface area (Å²) in [6.45, 7) is 10.0. The first-order valence-electron chi connectivity index (χ1n) is 5.05. The number of hydrogen-bond acceptors (Lipinski definition) is 2. The fourth-order valence-electron chi connectivity index (χ4n) is 1.74. The van der Waals surface area contributed by atoms with E-state index in [1.54, 1.807) is 0 Å². The molecule has 1 heterocycles. The SMILES string of the molecule is C=C1CC(C/C(C)=C/C(C)C)OC1=O. The second kappa shape index (κ2) is 4.45. The monoisotopic (exact) mass is 194 g/mol. The third kappa shape index (κ3) is 3.02. The van der Waals surface area contributed by atoms with Crippen molar-refractivity contribution in [3.05, 3.63) is 23.8 Å². The summed E-state index contributed by atoms with van der Waals surface area (Å²) in [5.74, 6) is 0.322. The van der Waals surface area contributed by atoms with Gasteiger partial charge in [0, 0.05) is 18.4 Å². The van der Waals surface area contributed by atoms with Crippen molar-refractivity contribution in [2.75, 3.05) is 0 Å². The molecule has 0 radical (unpaired) electrons. The molecule has 0 spiro atoms. The Hall–Kier alpha value is -1.05. The van der Waals surface area contributed by atoms with E-state index >= 15 is 0 Å². The summed E-state index contributed by atoms with van der Waals surface area (Å²) in [5, 5.41) is 0. The molecule has 0 saturated carbocycles. The lowest BCUT2D eigenvalue weighted by molar-refractivity contribution is -0.138. The predicted molar refractivity (Wildman–Crippen MR) is 56.8 cm³/mol. The van der Waals surface area contributed by atoms with Crippen LogP contribution in [0.3, 0.4) is 0 Å². The number of hydrogen-bond donors (Lipinski definition) is 0. The summed E-state index contributed by atoms with van der Waals surface area (Å²) in [4.78, 5) is 11.0. The highest BCUT2D eigenvalue weighted by Gasteiger charge is 2.26. The van der Waals surface area contributed by atoms with Gasteiger partial charge in [0.25, 0.3) is 0 Å². The van der Waals surface area contributed by atoms with E-state index < -0.39 is 0 Å². The Kier molecular flexibility index (Phi) is 3.50. The first-order valence-corrected chi connectivity index (χ1v) is 5.05. The number of esters is 1. The molecule has 1 unspecified atom stereocenters. The van der Waals surface area contributed by atoms with Crippen molar-refractivity contribution >= 4 is 5.97 Å². The molecule has 1 saturated heterocycles. The van der Waals surface area contributed by atoms with Crippen LogP contribution in [-0.2, 0) is 9.53 Å². The molecule has 2 nitrogen and oxygen atoms in total. The average molecular weight is 194 g/mol. The topological polar surface area (TPSA) is 26.3 Å². The van der Waals surface area contributed by atoms with Crippen LogP contribution in [0.25, 0.3) is 0 Å². The maximum Gasteiger partial charge on any atom is 0.333 e. The first-order chi connectivity index (χ1) is 6.49. The van der Waals surface area contributed by atoms with Gasteiger partial charge in [-0.25, -0.2) is 4.79 Å². The maximum absolute atomic E-state index is 11.0. The third-order valence-electron chi connectivity index (χ3n) is 2.20. The van der Waals surface area contributed by atoms with Gasteiger partial charge in [0.15, 0.2) is 0 Å². The molecule has 0 aromatic heterocycles. The lowest BCUT2D eigenvalue weighted by atomic mass is 10.0. The Labute approximate surface area is 85.6 Å². The molecular weight excluding hydrogens is 176 g/mol. The van der Waals surface area contributed by atoms with Gasteiger partial charge in [-0.3, -0.25) is 0 Å². The van der Waals surface area contributed by atoms with Crippen LogP contribution in [0.5, 0.6) is 0 Å². The minimum absolute atomic E-state index is 0.0185. The molecule has 0 amide bonds. The van der Waals surface area contributed by atoms with Gasteiger partial charge < -0.3 is 4.74 Å². The second-order valence-corrected chi connectivity index (χ2v) is 4.30. The van der Waals surface area contributed by atoms with E-state index in [0.717, 1.165) is 6.42 Å². The molecular formula is C12H18O2. The van der Waals surface area contributed by atoms with Crippen LogP contribution in [0.1, 0.15) is 33.6 Å². The number of carbonyl (C=O) groups is 1. The molecule has 0 bridgehead atoms. The summed E-state index contributed by atoms with van der Waals surface area (Å²) < 4.78 is 5.15. The maximum atomic E-state index is 11.0. The van der Waals surface area contributed by atoms with Crippen LogP contribution in [0.4, 0.5) is 0 Å². The highest BCUT2D eigenvalue weighted by Crippen LogP contribution is 2.24. The third-order valence-corrected chi connectivity index (χ3v) is 2.20. The van der Waals surface area contributed by atoms with Crippen LogP contribution >= 0.6 is 0 Å². The van der Waals surface area contributed by atoms with E-state index in [-0.39, 0.29) is 12.1 Å². The highest BCUT2D eigenvalue weighted by molar-refractivity contribution is 5.89. The van der Waals surface area contributed by atoms with Gasteiger partial charge in [0.05, 0.1) is 0 Å². The highest BCUT2D eigenvalue weighted by atomic mass is 16.5. The van der Waals surface area contributed by atoms with Gasteiger partial charge in [0.2, 0.25) is 0 Å². The number of rotatable bonds is 3. The number of cyclic esters (lactones) is 1. The van der Waals surface area contributed by atoms with Crippen molar-refractivity contribution in [1.29, 1.82) is 0 Å². The fraction of sp³-hybridized carbons (Fsp3) is 0.583. The van der Waals surface area contributed by atoms with Crippen LogP contribution < -0.4 is 0 Å². The zero-order valence-corrected chi connectivity index (χ0v) is 9.17. The van der Waals surface area contributed by atoms with E-state index in [1.807, 2.05) is 0 Å². The van der Waals surface area contributed by atoms with Crippen molar-refractivity contribution < 1.29 is 9.53 Å². The minimum Gasteiger partial charge on any atom is -0.458 e. The summed E-state index contributed by atoms with van der Waals surface area (Å²) >= 11 is 0. The van der Waals surface area contributed by atoms with Crippen LogP contribution in [0.15, 0.2) is 23.8 Å². The number of allylic oxidation sites excluding steroid dienone is 1. The second-order valence-electron chi connectivity index (χ2n) is 4.30. The van der Waals surface area contributed by atoms with Gasteiger partial charge in [0.1, 0.15) is 6.10 Å². The summed E-state index contributed by atoms with van der Waals surface area (Å²) in [6.07, 6.45) is 3.74. The van der Waals surface area contributed by atoms with Crippen molar-refractivity contribution in [2.45, 2.75) is 39.7 Å².